The minimum Gasteiger partial charge on any atom is -0.482 e. The molecule has 0 saturated heterocycles. The van der Waals surface area contributed by atoms with E-state index < -0.39 is 24.6 Å². The Morgan fingerprint density at radius 3 is 2.17 bits per heavy atom. The fourth-order valence-corrected chi connectivity index (χ4v) is 6.56. The number of nitrogens with zero attached hydrogens (tertiary/aromatic N) is 3. The summed E-state index contributed by atoms with van der Waals surface area (Å²) in [7, 11) is 0. The van der Waals surface area contributed by atoms with E-state index in [1.54, 1.807) is 30.5 Å². The normalized spacial score (nSPS) is 13.6. The zero-order valence-corrected chi connectivity index (χ0v) is 32.7. The highest BCUT2D eigenvalue weighted by molar-refractivity contribution is 6.04. The van der Waals surface area contributed by atoms with Gasteiger partial charge in [0, 0.05) is 48.1 Å². The van der Waals surface area contributed by atoms with Gasteiger partial charge in [-0.25, -0.2) is 19.6 Å². The lowest BCUT2D eigenvalue weighted by Gasteiger charge is -2.06. The van der Waals surface area contributed by atoms with Crippen molar-refractivity contribution in [3.8, 4) is 45.7 Å². The molecule has 1 amide bonds. The Balaban J connectivity index is 1.09. The lowest BCUT2D eigenvalue weighted by atomic mass is 10.0. The molecule has 302 valence electrons. The third kappa shape index (κ3) is 12.0. The van der Waals surface area contributed by atoms with Crippen molar-refractivity contribution in [3.05, 3.63) is 102 Å². The molecule has 58 heavy (non-hydrogen) atoms. The molecule has 4 N–H and O–H groups in total. The number of carboxylic acid groups (broad SMARTS) is 1. The topological polar surface area (TPSA) is 181 Å². The van der Waals surface area contributed by atoms with Gasteiger partial charge in [-0.3, -0.25) is 4.79 Å². The van der Waals surface area contributed by atoms with Crippen molar-refractivity contribution in [2.75, 3.05) is 13.2 Å². The Bertz CT molecular complexity index is 2140. The lowest BCUT2D eigenvalue weighted by molar-refractivity contribution is -0.146. The number of aromatic nitrogens is 4. The van der Waals surface area contributed by atoms with Gasteiger partial charge in [-0.1, -0.05) is 118 Å². The molecule has 13 heteroatoms. The summed E-state index contributed by atoms with van der Waals surface area (Å²) in [5, 5.41) is 16.1. The van der Waals surface area contributed by atoms with Crippen LogP contribution < -0.4 is 14.8 Å². The van der Waals surface area contributed by atoms with Crippen molar-refractivity contribution in [3.63, 3.8) is 0 Å². The third-order valence-electron chi connectivity index (χ3n) is 9.74. The first-order valence-electron chi connectivity index (χ1n) is 20.0. The fourth-order valence-electron chi connectivity index (χ4n) is 6.56. The largest absolute Gasteiger partial charge is 0.482 e. The molecule has 1 unspecified atom stereocenters. The predicted octanol–water partition coefficient (Wildman–Crippen LogP) is 8.75. The molecule has 0 spiro atoms. The minimum atomic E-state index is -1.06. The average Bonchev–Trinajstić information content (AvgIpc) is 4.04. The summed E-state index contributed by atoms with van der Waals surface area (Å²) in [5.74, 6) is -0.708. The Hall–Kier alpha value is -6.50. The highest BCUT2D eigenvalue weighted by Gasteiger charge is 2.31. The van der Waals surface area contributed by atoms with E-state index in [1.807, 2.05) is 60.7 Å². The van der Waals surface area contributed by atoms with Crippen molar-refractivity contribution in [2.24, 2.45) is 5.16 Å². The van der Waals surface area contributed by atoms with E-state index in [0.717, 1.165) is 46.4 Å². The SMILES string of the molecule is CCCCCCCCCCCCNC(=O)C=Cc1ccc(-c2[nH]c(-c3ccc(C4=NOC(C(=O)Oc5ncc[nH]5)C4)cc3)nc2-c2ccc(OCC(=O)O)cc2)cc1. The number of ether oxygens (including phenoxy) is 2. The van der Waals surface area contributed by atoms with Crippen LogP contribution >= 0.6 is 0 Å². The van der Waals surface area contributed by atoms with Crippen LogP contribution in [0.3, 0.4) is 0 Å². The number of aromatic amines is 2. The Labute approximate surface area is 338 Å². The summed E-state index contributed by atoms with van der Waals surface area (Å²) in [5.41, 5.74) is 6.23. The predicted molar refractivity (Wildman–Crippen MR) is 222 cm³/mol. The molecule has 0 fully saturated rings. The van der Waals surface area contributed by atoms with Gasteiger partial charge in [0.05, 0.1) is 17.1 Å². The van der Waals surface area contributed by atoms with Gasteiger partial charge in [0.15, 0.2) is 6.61 Å². The molecule has 2 aromatic heterocycles. The van der Waals surface area contributed by atoms with Crippen LogP contribution in [0, 0.1) is 0 Å². The molecular weight excluding hydrogens is 737 g/mol. The summed E-state index contributed by atoms with van der Waals surface area (Å²) in [4.78, 5) is 56.5. The number of hydrogen-bond acceptors (Lipinski definition) is 9. The second kappa shape index (κ2) is 21.1. The number of carbonyl (C=O) groups is 3. The molecule has 1 aliphatic heterocycles. The summed E-state index contributed by atoms with van der Waals surface area (Å²) in [6, 6.07) is 22.6. The highest BCUT2D eigenvalue weighted by atomic mass is 16.7. The maximum absolute atomic E-state index is 12.5. The molecule has 5 aromatic rings. The number of imidazole rings is 2. The van der Waals surface area contributed by atoms with Gasteiger partial charge in [-0.2, -0.15) is 0 Å². The molecule has 0 radical (unpaired) electrons. The quantitative estimate of drug-likeness (QED) is 0.0303. The number of nitrogens with one attached hydrogen (secondary N) is 3. The van der Waals surface area contributed by atoms with Gasteiger partial charge in [0.25, 0.3) is 0 Å². The van der Waals surface area contributed by atoms with E-state index in [9.17, 15) is 14.4 Å². The van der Waals surface area contributed by atoms with Gasteiger partial charge in [-0.05, 0) is 47.9 Å². The zero-order chi connectivity index (χ0) is 40.5. The van der Waals surface area contributed by atoms with Crippen molar-refractivity contribution in [2.45, 2.75) is 83.7 Å². The van der Waals surface area contributed by atoms with Gasteiger partial charge in [-0.15, -0.1) is 0 Å². The number of hydrogen-bond donors (Lipinski definition) is 4. The first kappa shape index (κ1) is 41.1. The second-order valence-corrected chi connectivity index (χ2v) is 14.2. The molecule has 1 atom stereocenters. The van der Waals surface area contributed by atoms with Crippen LogP contribution in [0.25, 0.3) is 40.0 Å². The average molecular weight is 787 g/mol. The molecule has 3 aromatic carbocycles. The van der Waals surface area contributed by atoms with Crippen LogP contribution in [-0.2, 0) is 19.2 Å². The van der Waals surface area contributed by atoms with Crippen molar-refractivity contribution < 1.29 is 33.8 Å². The van der Waals surface area contributed by atoms with E-state index >= 15 is 0 Å². The van der Waals surface area contributed by atoms with E-state index in [0.29, 0.717) is 29.5 Å². The number of benzene rings is 3. The fraction of sp³-hybridized carbons (Fsp3) is 0.333. The monoisotopic (exact) mass is 786 g/mol. The number of oxime groups is 1. The smallest absolute Gasteiger partial charge is 0.358 e. The Morgan fingerprint density at radius 2 is 1.50 bits per heavy atom. The van der Waals surface area contributed by atoms with Crippen LogP contribution in [0.1, 0.15) is 88.7 Å². The number of amides is 1. The zero-order valence-electron chi connectivity index (χ0n) is 32.7. The van der Waals surface area contributed by atoms with E-state index in [1.165, 1.54) is 57.6 Å². The standard InChI is InChI=1S/C45H50N6O7/c1-2-3-4-5-6-7-8-9-10-11-26-46-39(52)25-14-31-12-15-33(16-13-31)41-42(34-21-23-36(24-22-34)56-30-40(53)54)50-43(49-41)35-19-17-32(18-20-35)37-29-38(58-51-37)44(55)57-45-47-27-28-48-45/h12-25,27-28,38H,2-11,26,29-30H2,1H3,(H,46,52)(H,47,48)(H,49,50)(H,53,54). The van der Waals surface area contributed by atoms with Crippen LogP contribution in [0.4, 0.5) is 0 Å². The van der Waals surface area contributed by atoms with Crippen LogP contribution in [-0.4, -0.2) is 67.9 Å². The molecule has 13 nitrogen and oxygen atoms in total. The Kier molecular flexibility index (Phi) is 15.0. The van der Waals surface area contributed by atoms with Gasteiger partial charge < -0.3 is 34.7 Å². The number of carboxylic acids is 1. The molecule has 1 aliphatic rings. The number of esters is 1. The maximum Gasteiger partial charge on any atom is 0.358 e. The molecular formula is C45H50N6O7. The summed E-state index contributed by atoms with van der Waals surface area (Å²) >= 11 is 0. The third-order valence-corrected chi connectivity index (χ3v) is 9.74. The van der Waals surface area contributed by atoms with E-state index in [4.69, 9.17) is 24.4 Å². The molecule has 0 saturated carbocycles. The van der Waals surface area contributed by atoms with Gasteiger partial charge in [0.2, 0.25) is 12.0 Å². The number of unbranched alkanes of at least 4 members (excludes halogenated alkanes) is 9. The summed E-state index contributed by atoms with van der Waals surface area (Å²) in [6.45, 7) is 2.47. The van der Waals surface area contributed by atoms with Crippen LogP contribution in [0.15, 0.2) is 96.4 Å². The molecule has 3 heterocycles. The summed E-state index contributed by atoms with van der Waals surface area (Å²) in [6.07, 6.45) is 18.3. The van der Waals surface area contributed by atoms with Crippen molar-refractivity contribution in [1.82, 2.24) is 25.3 Å². The van der Waals surface area contributed by atoms with Crippen molar-refractivity contribution >= 4 is 29.6 Å². The number of H-pyrrole nitrogens is 2. The van der Waals surface area contributed by atoms with Crippen LogP contribution in [0.5, 0.6) is 11.8 Å². The first-order valence-corrected chi connectivity index (χ1v) is 20.0. The number of carbonyl (C=O) groups excluding carboxylic acids is 2. The van der Waals surface area contributed by atoms with Crippen molar-refractivity contribution in [1.29, 1.82) is 0 Å². The van der Waals surface area contributed by atoms with Gasteiger partial charge >= 0.3 is 17.9 Å². The van der Waals surface area contributed by atoms with Gasteiger partial charge in [0.1, 0.15) is 11.6 Å². The molecule has 0 bridgehead atoms. The Morgan fingerprint density at radius 1 is 0.845 bits per heavy atom. The summed E-state index contributed by atoms with van der Waals surface area (Å²) < 4.78 is 10.6. The minimum absolute atomic E-state index is 0.0908. The molecule has 6 rings (SSSR count). The first-order chi connectivity index (χ1) is 28.4. The highest BCUT2D eigenvalue weighted by Crippen LogP contribution is 2.34. The van der Waals surface area contributed by atoms with E-state index in [-0.39, 0.29) is 18.3 Å². The number of aliphatic carboxylic acids is 1. The van der Waals surface area contributed by atoms with E-state index in [2.05, 4.69) is 32.3 Å². The maximum atomic E-state index is 12.5. The van der Waals surface area contributed by atoms with Crippen LogP contribution in [0.2, 0.25) is 0 Å². The number of rotatable bonds is 22. The molecule has 0 aliphatic carbocycles. The lowest BCUT2D eigenvalue weighted by Crippen LogP contribution is -2.26. The second-order valence-electron chi connectivity index (χ2n) is 14.2.